The van der Waals surface area contributed by atoms with E-state index in [9.17, 15) is 14.7 Å². The van der Waals surface area contributed by atoms with E-state index >= 15 is 0 Å². The largest absolute Gasteiger partial charge is 0.507 e. The molecule has 1 aliphatic rings. The Labute approximate surface area is 224 Å². The number of hydrogen-bond acceptors (Lipinski definition) is 5. The highest BCUT2D eigenvalue weighted by molar-refractivity contribution is 6.51. The highest BCUT2D eigenvalue weighted by Crippen LogP contribution is 2.43. The van der Waals surface area contributed by atoms with E-state index in [0.29, 0.717) is 35.3 Å². The molecule has 1 saturated heterocycles. The fraction of sp³-hybridized carbons (Fsp3) is 0.312. The van der Waals surface area contributed by atoms with Crippen molar-refractivity contribution < 1.29 is 24.2 Å². The molecular weight excluding hydrogens is 478 g/mol. The molecule has 1 atom stereocenters. The van der Waals surface area contributed by atoms with Crippen molar-refractivity contribution in [3.63, 3.8) is 0 Å². The van der Waals surface area contributed by atoms with Crippen molar-refractivity contribution in [1.29, 1.82) is 0 Å². The summed E-state index contributed by atoms with van der Waals surface area (Å²) in [5.41, 5.74) is 3.55. The minimum absolute atomic E-state index is 0.00156. The third-order valence-electron chi connectivity index (χ3n) is 6.44. The van der Waals surface area contributed by atoms with Gasteiger partial charge in [-0.3, -0.25) is 14.5 Å². The Balaban J connectivity index is 1.82. The molecule has 0 bridgehead atoms. The van der Waals surface area contributed by atoms with Gasteiger partial charge in [0, 0.05) is 11.3 Å². The van der Waals surface area contributed by atoms with Crippen LogP contribution in [0.5, 0.6) is 11.5 Å². The summed E-state index contributed by atoms with van der Waals surface area (Å²) in [4.78, 5) is 28.4. The number of aliphatic hydroxyl groups excluding tert-OH is 1. The van der Waals surface area contributed by atoms with E-state index < -0.39 is 17.7 Å². The van der Waals surface area contributed by atoms with Crippen LogP contribution in [0.3, 0.4) is 0 Å². The molecule has 1 heterocycles. The van der Waals surface area contributed by atoms with Crippen molar-refractivity contribution in [3.05, 3.63) is 94.6 Å². The number of benzene rings is 3. The molecule has 3 aromatic rings. The summed E-state index contributed by atoms with van der Waals surface area (Å²) in [5, 5.41) is 11.5. The average Bonchev–Trinajstić information content (AvgIpc) is 3.14. The first-order valence-corrected chi connectivity index (χ1v) is 13.0. The summed E-state index contributed by atoms with van der Waals surface area (Å²) in [7, 11) is 0. The van der Waals surface area contributed by atoms with E-state index in [1.54, 1.807) is 42.5 Å². The van der Waals surface area contributed by atoms with Gasteiger partial charge in [-0.05, 0) is 92.8 Å². The summed E-state index contributed by atoms with van der Waals surface area (Å²) in [6, 6.07) is 19.2. The number of aliphatic hydroxyl groups is 1. The van der Waals surface area contributed by atoms with Gasteiger partial charge in [0.15, 0.2) is 0 Å². The second-order valence-corrected chi connectivity index (χ2v) is 10.4. The Bertz CT molecular complexity index is 1370. The van der Waals surface area contributed by atoms with E-state index in [-0.39, 0.29) is 17.4 Å². The minimum Gasteiger partial charge on any atom is -0.507 e. The standard InChI is InChI=1S/C32H35NO5/c1-19(2)18-37-25-14-12-24(13-15-25)33-29(26-10-8-7-9-21(26)5)28(31(35)32(33)36)30(34)23-11-16-27(22(6)17-23)38-20(3)4/h7-17,19-20,29,34H,18H2,1-6H3/b30-28+. The van der Waals surface area contributed by atoms with Gasteiger partial charge in [0.05, 0.1) is 24.3 Å². The number of nitrogens with zero attached hydrogens (tertiary/aromatic N) is 1. The molecule has 0 spiro atoms. The van der Waals surface area contributed by atoms with Gasteiger partial charge in [-0.1, -0.05) is 38.1 Å². The number of amides is 1. The van der Waals surface area contributed by atoms with E-state index in [1.165, 1.54) is 4.90 Å². The molecule has 198 valence electrons. The Morgan fingerprint density at radius 1 is 0.921 bits per heavy atom. The van der Waals surface area contributed by atoms with Gasteiger partial charge in [-0.2, -0.15) is 0 Å². The van der Waals surface area contributed by atoms with Gasteiger partial charge in [-0.25, -0.2) is 0 Å². The zero-order valence-corrected chi connectivity index (χ0v) is 22.8. The molecule has 6 heteroatoms. The lowest BCUT2D eigenvalue weighted by Gasteiger charge is -2.27. The van der Waals surface area contributed by atoms with Crippen LogP contribution >= 0.6 is 0 Å². The average molecular weight is 514 g/mol. The first kappa shape index (κ1) is 27.0. The lowest BCUT2D eigenvalue weighted by Crippen LogP contribution is -2.29. The molecule has 0 aliphatic carbocycles. The molecule has 0 aromatic heterocycles. The van der Waals surface area contributed by atoms with Gasteiger partial charge in [0.2, 0.25) is 0 Å². The van der Waals surface area contributed by atoms with E-state index in [4.69, 9.17) is 9.47 Å². The topological polar surface area (TPSA) is 76.1 Å². The van der Waals surface area contributed by atoms with Crippen molar-refractivity contribution in [2.24, 2.45) is 5.92 Å². The maximum atomic E-state index is 13.5. The Hall–Kier alpha value is -4.06. The Kier molecular flexibility index (Phi) is 7.91. The third kappa shape index (κ3) is 5.44. The van der Waals surface area contributed by atoms with Crippen LogP contribution in [0, 0.1) is 19.8 Å². The van der Waals surface area contributed by atoms with Crippen molar-refractivity contribution in [1.82, 2.24) is 0 Å². The number of hydrogen-bond donors (Lipinski definition) is 1. The molecule has 38 heavy (non-hydrogen) atoms. The number of carbonyl (C=O) groups is 2. The molecule has 1 aliphatic heterocycles. The van der Waals surface area contributed by atoms with Gasteiger partial charge < -0.3 is 14.6 Å². The van der Waals surface area contributed by atoms with Crippen LogP contribution in [0.15, 0.2) is 72.3 Å². The lowest BCUT2D eigenvalue weighted by molar-refractivity contribution is -0.132. The fourth-order valence-electron chi connectivity index (χ4n) is 4.59. The molecule has 1 N–H and O–H groups in total. The van der Waals surface area contributed by atoms with Crippen LogP contribution in [0.4, 0.5) is 5.69 Å². The van der Waals surface area contributed by atoms with Gasteiger partial charge in [0.1, 0.15) is 17.3 Å². The van der Waals surface area contributed by atoms with Gasteiger partial charge in [-0.15, -0.1) is 0 Å². The summed E-state index contributed by atoms with van der Waals surface area (Å²) in [6.07, 6.45) is 0.00156. The molecule has 4 rings (SSSR count). The van der Waals surface area contributed by atoms with E-state index in [0.717, 1.165) is 16.7 Å². The predicted octanol–water partition coefficient (Wildman–Crippen LogP) is 6.75. The quantitative estimate of drug-likeness (QED) is 0.205. The summed E-state index contributed by atoms with van der Waals surface area (Å²) >= 11 is 0. The van der Waals surface area contributed by atoms with Crippen LogP contribution in [0.1, 0.15) is 56.0 Å². The van der Waals surface area contributed by atoms with Crippen LogP contribution in [0.2, 0.25) is 0 Å². The van der Waals surface area contributed by atoms with E-state index in [1.807, 2.05) is 52.0 Å². The fourth-order valence-corrected chi connectivity index (χ4v) is 4.59. The number of aryl methyl sites for hydroxylation is 2. The Morgan fingerprint density at radius 3 is 2.21 bits per heavy atom. The zero-order valence-electron chi connectivity index (χ0n) is 22.8. The second kappa shape index (κ2) is 11.1. The SMILES string of the molecule is Cc1cc(/C(O)=C2\C(=O)C(=O)N(c3ccc(OCC(C)C)cc3)C2c2ccccc2C)ccc1OC(C)C. The molecule has 1 fully saturated rings. The Morgan fingerprint density at radius 2 is 1.61 bits per heavy atom. The molecule has 0 saturated carbocycles. The van der Waals surface area contributed by atoms with Crippen molar-refractivity contribution in [2.45, 2.75) is 53.7 Å². The summed E-state index contributed by atoms with van der Waals surface area (Å²) in [5.74, 6) is 0.138. The first-order chi connectivity index (χ1) is 18.1. The van der Waals surface area contributed by atoms with Crippen LogP contribution < -0.4 is 14.4 Å². The van der Waals surface area contributed by atoms with Crippen molar-refractivity contribution in [2.75, 3.05) is 11.5 Å². The number of carbonyl (C=O) groups excluding carboxylic acids is 2. The van der Waals surface area contributed by atoms with E-state index in [2.05, 4.69) is 13.8 Å². The first-order valence-electron chi connectivity index (χ1n) is 13.0. The van der Waals surface area contributed by atoms with Gasteiger partial charge in [0.25, 0.3) is 11.7 Å². The monoisotopic (exact) mass is 513 g/mol. The molecular formula is C32H35NO5. The van der Waals surface area contributed by atoms with Gasteiger partial charge >= 0.3 is 0 Å². The molecule has 0 radical (unpaired) electrons. The number of anilines is 1. The predicted molar refractivity (Wildman–Crippen MR) is 150 cm³/mol. The zero-order chi connectivity index (χ0) is 27.6. The number of rotatable bonds is 8. The normalized spacial score (nSPS) is 16.9. The number of ketones is 1. The summed E-state index contributed by atoms with van der Waals surface area (Å²) < 4.78 is 11.6. The highest BCUT2D eigenvalue weighted by Gasteiger charge is 2.47. The maximum absolute atomic E-state index is 13.5. The minimum atomic E-state index is -0.787. The summed E-state index contributed by atoms with van der Waals surface area (Å²) in [6.45, 7) is 12.4. The lowest BCUT2D eigenvalue weighted by atomic mass is 9.92. The van der Waals surface area contributed by atoms with Crippen LogP contribution in [-0.2, 0) is 9.59 Å². The van der Waals surface area contributed by atoms with Crippen LogP contribution in [-0.4, -0.2) is 29.5 Å². The molecule has 6 nitrogen and oxygen atoms in total. The highest BCUT2D eigenvalue weighted by atomic mass is 16.5. The smallest absolute Gasteiger partial charge is 0.300 e. The number of Topliss-reactive ketones (excluding diaryl/α,β-unsaturated/α-hetero) is 1. The maximum Gasteiger partial charge on any atom is 0.300 e. The molecule has 3 aromatic carbocycles. The van der Waals surface area contributed by atoms with Crippen molar-refractivity contribution in [3.8, 4) is 11.5 Å². The van der Waals surface area contributed by atoms with Crippen molar-refractivity contribution >= 4 is 23.1 Å². The second-order valence-electron chi connectivity index (χ2n) is 10.4. The third-order valence-corrected chi connectivity index (χ3v) is 6.44. The molecule has 1 amide bonds. The van der Waals surface area contributed by atoms with Crippen LogP contribution in [0.25, 0.3) is 5.76 Å². The number of ether oxygens (including phenoxy) is 2. The molecule has 1 unspecified atom stereocenters.